The molecule has 5 nitrogen and oxygen atoms in total. The molecule has 1 amide bonds. The van der Waals surface area contributed by atoms with Crippen LogP contribution in [-0.2, 0) is 24.4 Å². The van der Waals surface area contributed by atoms with Gasteiger partial charge in [0, 0.05) is 30.4 Å². The summed E-state index contributed by atoms with van der Waals surface area (Å²) in [6, 6.07) is 11.5. The van der Waals surface area contributed by atoms with Crippen molar-refractivity contribution in [1.82, 2.24) is 14.5 Å². The zero-order valence-electron chi connectivity index (χ0n) is 15.6. The highest BCUT2D eigenvalue weighted by atomic mass is 35.5. The van der Waals surface area contributed by atoms with Gasteiger partial charge in [0.1, 0.15) is 11.6 Å². The molecule has 0 aliphatic rings. The highest BCUT2D eigenvalue weighted by molar-refractivity contribution is 6.30. The van der Waals surface area contributed by atoms with E-state index in [1.807, 2.05) is 61.0 Å². The molecular weight excluding hydrogens is 362 g/mol. The number of halogens is 1. The first-order valence-electron chi connectivity index (χ1n) is 9.06. The van der Waals surface area contributed by atoms with Crippen molar-refractivity contribution in [2.75, 3.05) is 0 Å². The van der Waals surface area contributed by atoms with E-state index in [9.17, 15) is 4.79 Å². The van der Waals surface area contributed by atoms with Crippen molar-refractivity contribution in [2.24, 2.45) is 5.92 Å². The van der Waals surface area contributed by atoms with Gasteiger partial charge in [-0.2, -0.15) is 0 Å². The second-order valence-corrected chi connectivity index (χ2v) is 7.46. The van der Waals surface area contributed by atoms with Crippen molar-refractivity contribution in [3.05, 3.63) is 77.2 Å². The van der Waals surface area contributed by atoms with E-state index in [1.165, 1.54) is 0 Å². The SMILES string of the molecule is CC(C)CC(=O)N(Cc1ccco1)Cc1nccn1Cc1cccc(Cl)c1. The van der Waals surface area contributed by atoms with Crippen LogP contribution in [0.1, 0.15) is 37.4 Å². The summed E-state index contributed by atoms with van der Waals surface area (Å²) in [4.78, 5) is 19.0. The maximum atomic E-state index is 12.8. The Kier molecular flexibility index (Phi) is 6.35. The lowest BCUT2D eigenvalue weighted by atomic mass is 10.1. The molecule has 2 aromatic heterocycles. The Morgan fingerprint density at radius 2 is 2.11 bits per heavy atom. The minimum absolute atomic E-state index is 0.0960. The average molecular weight is 386 g/mol. The topological polar surface area (TPSA) is 51.3 Å². The van der Waals surface area contributed by atoms with E-state index in [0.717, 1.165) is 17.1 Å². The first kappa shape index (κ1) is 19.2. The molecule has 3 rings (SSSR count). The van der Waals surface area contributed by atoms with Gasteiger partial charge in [0.05, 0.1) is 19.4 Å². The van der Waals surface area contributed by atoms with Crippen molar-refractivity contribution in [3.63, 3.8) is 0 Å². The number of aromatic nitrogens is 2. The smallest absolute Gasteiger partial charge is 0.223 e. The molecule has 0 radical (unpaired) electrons. The molecular formula is C21H24ClN3O2. The summed E-state index contributed by atoms with van der Waals surface area (Å²) in [5, 5.41) is 0.709. The number of furan rings is 1. The zero-order valence-corrected chi connectivity index (χ0v) is 16.4. The fourth-order valence-corrected chi connectivity index (χ4v) is 3.15. The maximum Gasteiger partial charge on any atom is 0.223 e. The largest absolute Gasteiger partial charge is 0.467 e. The molecule has 0 aliphatic heterocycles. The van der Waals surface area contributed by atoms with Gasteiger partial charge < -0.3 is 13.9 Å². The minimum Gasteiger partial charge on any atom is -0.467 e. The first-order valence-corrected chi connectivity index (χ1v) is 9.43. The molecule has 0 atom stereocenters. The molecule has 0 aliphatic carbocycles. The molecule has 0 unspecified atom stereocenters. The predicted molar refractivity (Wildman–Crippen MR) is 105 cm³/mol. The molecule has 6 heteroatoms. The molecule has 1 aromatic carbocycles. The average Bonchev–Trinajstić information content (AvgIpc) is 3.26. The Labute approximate surface area is 164 Å². The van der Waals surface area contributed by atoms with Crippen LogP contribution in [-0.4, -0.2) is 20.4 Å². The van der Waals surface area contributed by atoms with Crippen LogP contribution in [0.2, 0.25) is 5.02 Å². The van der Waals surface area contributed by atoms with Crippen molar-refractivity contribution in [2.45, 2.75) is 39.9 Å². The van der Waals surface area contributed by atoms with Gasteiger partial charge in [0.25, 0.3) is 0 Å². The van der Waals surface area contributed by atoms with Gasteiger partial charge in [-0.15, -0.1) is 0 Å². The Bertz CT molecular complexity index is 871. The fourth-order valence-electron chi connectivity index (χ4n) is 2.94. The lowest BCUT2D eigenvalue weighted by Crippen LogP contribution is -2.32. The van der Waals surface area contributed by atoms with Gasteiger partial charge in [-0.1, -0.05) is 37.6 Å². The van der Waals surface area contributed by atoms with E-state index in [2.05, 4.69) is 4.98 Å². The normalized spacial score (nSPS) is 11.1. The predicted octanol–water partition coefficient (Wildman–Crippen LogP) is 4.75. The van der Waals surface area contributed by atoms with Gasteiger partial charge in [0.2, 0.25) is 5.91 Å². The van der Waals surface area contributed by atoms with Crippen LogP contribution in [0.4, 0.5) is 0 Å². The van der Waals surface area contributed by atoms with Crippen molar-refractivity contribution < 1.29 is 9.21 Å². The Morgan fingerprint density at radius 1 is 1.26 bits per heavy atom. The number of hydrogen-bond donors (Lipinski definition) is 0. The highest BCUT2D eigenvalue weighted by Crippen LogP contribution is 2.16. The van der Waals surface area contributed by atoms with Crippen LogP contribution in [0.15, 0.2) is 59.5 Å². The van der Waals surface area contributed by atoms with Crippen LogP contribution < -0.4 is 0 Å². The fraction of sp³-hybridized carbons (Fsp3) is 0.333. The summed E-state index contributed by atoms with van der Waals surface area (Å²) in [6.45, 7) is 5.61. The lowest BCUT2D eigenvalue weighted by molar-refractivity contribution is -0.133. The number of carbonyl (C=O) groups is 1. The van der Waals surface area contributed by atoms with Gasteiger partial charge in [-0.25, -0.2) is 4.98 Å². The van der Waals surface area contributed by atoms with Gasteiger partial charge in [-0.3, -0.25) is 4.79 Å². The molecule has 0 bridgehead atoms. The monoisotopic (exact) mass is 385 g/mol. The number of nitrogens with zero attached hydrogens (tertiary/aromatic N) is 3. The van der Waals surface area contributed by atoms with Crippen molar-refractivity contribution in [1.29, 1.82) is 0 Å². The molecule has 0 saturated carbocycles. The van der Waals surface area contributed by atoms with Crippen molar-refractivity contribution >= 4 is 17.5 Å². The molecule has 27 heavy (non-hydrogen) atoms. The van der Waals surface area contributed by atoms with E-state index in [1.54, 1.807) is 17.4 Å². The Morgan fingerprint density at radius 3 is 2.81 bits per heavy atom. The summed E-state index contributed by atoms with van der Waals surface area (Å²) in [5.74, 6) is 1.99. The summed E-state index contributed by atoms with van der Waals surface area (Å²) < 4.78 is 7.49. The van der Waals surface area contributed by atoms with Gasteiger partial charge in [0.15, 0.2) is 0 Å². The Balaban J connectivity index is 1.77. The number of hydrogen-bond acceptors (Lipinski definition) is 3. The Hall–Kier alpha value is -2.53. The molecule has 0 spiro atoms. The maximum absolute atomic E-state index is 12.8. The first-order chi connectivity index (χ1) is 13.0. The van der Waals surface area contributed by atoms with E-state index in [0.29, 0.717) is 37.0 Å². The van der Waals surface area contributed by atoms with Crippen LogP contribution in [0.5, 0.6) is 0 Å². The van der Waals surface area contributed by atoms with Crippen LogP contribution in [0.3, 0.4) is 0 Å². The number of rotatable bonds is 8. The molecule has 2 heterocycles. The highest BCUT2D eigenvalue weighted by Gasteiger charge is 2.19. The van der Waals surface area contributed by atoms with E-state index in [-0.39, 0.29) is 5.91 Å². The molecule has 0 saturated heterocycles. The number of amides is 1. The molecule has 142 valence electrons. The molecule has 0 N–H and O–H groups in total. The second kappa shape index (κ2) is 8.91. The molecule has 0 fully saturated rings. The number of carbonyl (C=O) groups excluding carboxylic acids is 1. The van der Waals surface area contributed by atoms with Crippen LogP contribution in [0.25, 0.3) is 0 Å². The zero-order chi connectivity index (χ0) is 19.2. The minimum atomic E-state index is 0.0960. The standard InChI is InChI=1S/C21H24ClN3O2/c1-16(2)11-21(26)25(14-19-7-4-10-27-19)15-20-23-8-9-24(20)13-17-5-3-6-18(22)12-17/h3-10,12,16H,11,13-15H2,1-2H3. The van der Waals surface area contributed by atoms with Crippen LogP contribution in [0, 0.1) is 5.92 Å². The number of benzene rings is 1. The summed E-state index contributed by atoms with van der Waals surface area (Å²) in [7, 11) is 0. The quantitative estimate of drug-likeness (QED) is 0.562. The number of imidazole rings is 1. The lowest BCUT2D eigenvalue weighted by Gasteiger charge is -2.23. The van der Waals surface area contributed by atoms with E-state index >= 15 is 0 Å². The third kappa shape index (κ3) is 5.47. The van der Waals surface area contributed by atoms with Gasteiger partial charge >= 0.3 is 0 Å². The molecule has 3 aromatic rings. The van der Waals surface area contributed by atoms with E-state index < -0.39 is 0 Å². The summed E-state index contributed by atoms with van der Waals surface area (Å²) >= 11 is 6.09. The van der Waals surface area contributed by atoms with Gasteiger partial charge in [-0.05, 0) is 35.7 Å². The second-order valence-electron chi connectivity index (χ2n) is 7.03. The van der Waals surface area contributed by atoms with Crippen LogP contribution >= 0.6 is 11.6 Å². The summed E-state index contributed by atoms with van der Waals surface area (Å²) in [5.41, 5.74) is 1.09. The van der Waals surface area contributed by atoms with Crippen molar-refractivity contribution in [3.8, 4) is 0 Å². The third-order valence-corrected chi connectivity index (χ3v) is 4.47. The summed E-state index contributed by atoms with van der Waals surface area (Å²) in [6.07, 6.45) is 5.81. The third-order valence-electron chi connectivity index (χ3n) is 4.24. The van der Waals surface area contributed by atoms with E-state index in [4.69, 9.17) is 16.0 Å².